The van der Waals surface area contributed by atoms with Crippen molar-refractivity contribution in [3.63, 3.8) is 0 Å². The molecule has 3 rings (SSSR count). The number of nitriles is 1. The van der Waals surface area contributed by atoms with E-state index in [9.17, 15) is 9.90 Å². The van der Waals surface area contributed by atoms with Gasteiger partial charge in [-0.3, -0.25) is 9.69 Å². The molecule has 1 atom stereocenters. The van der Waals surface area contributed by atoms with E-state index in [4.69, 9.17) is 5.26 Å². The number of aliphatic hydroxyl groups excluding tert-OH is 1. The number of nitrogens with zero attached hydrogens (tertiary/aromatic N) is 3. The minimum atomic E-state index is -0.615. The second-order valence-electron chi connectivity index (χ2n) is 5.88. The zero-order valence-corrected chi connectivity index (χ0v) is 12.9. The van der Waals surface area contributed by atoms with Crippen molar-refractivity contribution in [2.45, 2.75) is 12.5 Å². The Morgan fingerprint density at radius 1 is 1.30 bits per heavy atom. The van der Waals surface area contributed by atoms with Crippen LogP contribution in [0.25, 0.3) is 10.9 Å². The van der Waals surface area contributed by atoms with Gasteiger partial charge < -0.3 is 15.0 Å². The first-order valence-electron chi connectivity index (χ1n) is 7.82. The first-order chi connectivity index (χ1) is 11.2. The number of fused-ring (bicyclic) bond motifs is 1. The third-order valence-corrected chi connectivity index (χ3v) is 4.22. The summed E-state index contributed by atoms with van der Waals surface area (Å²) in [6, 6.07) is 11.7. The van der Waals surface area contributed by atoms with Crippen LogP contribution in [0.1, 0.15) is 16.9 Å². The number of nitrogens with one attached hydrogen (secondary N) is 1. The predicted molar refractivity (Wildman–Crippen MR) is 86.9 cm³/mol. The highest BCUT2D eigenvalue weighted by Gasteiger charge is 2.24. The summed E-state index contributed by atoms with van der Waals surface area (Å²) in [5, 5.41) is 19.3. The van der Waals surface area contributed by atoms with Gasteiger partial charge in [-0.05, 0) is 12.1 Å². The van der Waals surface area contributed by atoms with Crippen LogP contribution in [0.4, 0.5) is 0 Å². The summed E-state index contributed by atoms with van der Waals surface area (Å²) in [5.74, 6) is 0.0124. The number of β-amino-alcohol motifs (C(OH)–C–C–N with tert-alkyl or cyclic N) is 1. The number of H-pyrrole nitrogens is 1. The second kappa shape index (κ2) is 6.82. The van der Waals surface area contributed by atoms with Crippen LogP contribution in [0.15, 0.2) is 30.3 Å². The van der Waals surface area contributed by atoms with Crippen LogP contribution < -0.4 is 0 Å². The fourth-order valence-corrected chi connectivity index (χ4v) is 2.96. The van der Waals surface area contributed by atoms with E-state index in [2.05, 4.69) is 9.88 Å². The first-order valence-corrected chi connectivity index (χ1v) is 7.82. The van der Waals surface area contributed by atoms with Crippen LogP contribution in [-0.4, -0.2) is 64.6 Å². The molecular weight excluding hydrogens is 292 g/mol. The lowest BCUT2D eigenvalue weighted by Gasteiger charge is -2.35. The van der Waals surface area contributed by atoms with Crippen LogP contribution in [0.2, 0.25) is 0 Å². The quantitative estimate of drug-likeness (QED) is 0.888. The predicted octanol–water partition coefficient (Wildman–Crippen LogP) is 1.20. The van der Waals surface area contributed by atoms with Gasteiger partial charge in [0.1, 0.15) is 5.69 Å². The largest absolute Gasteiger partial charge is 0.391 e. The van der Waals surface area contributed by atoms with E-state index >= 15 is 0 Å². The molecular formula is C17H20N4O2. The Hall–Kier alpha value is -2.36. The molecule has 2 heterocycles. The van der Waals surface area contributed by atoms with E-state index in [0.717, 1.165) is 10.9 Å². The van der Waals surface area contributed by atoms with Gasteiger partial charge >= 0.3 is 0 Å². The van der Waals surface area contributed by atoms with Gasteiger partial charge in [0.15, 0.2) is 0 Å². The molecule has 1 aromatic heterocycles. The molecule has 2 N–H and O–H groups in total. The number of hydrogen-bond acceptors (Lipinski definition) is 4. The van der Waals surface area contributed by atoms with E-state index in [-0.39, 0.29) is 12.3 Å². The van der Waals surface area contributed by atoms with Crippen molar-refractivity contribution in [3.05, 3.63) is 36.0 Å². The summed E-state index contributed by atoms with van der Waals surface area (Å²) >= 11 is 0. The van der Waals surface area contributed by atoms with E-state index in [1.807, 2.05) is 41.3 Å². The molecule has 120 valence electrons. The summed E-state index contributed by atoms with van der Waals surface area (Å²) in [5.41, 5.74) is 1.58. The lowest BCUT2D eigenvalue weighted by Crippen LogP contribution is -2.50. The molecule has 1 aliphatic rings. The Kier molecular flexibility index (Phi) is 4.60. The SMILES string of the molecule is N#CC[C@@H](O)CN1CCN(C(=O)c2cc3ccccc3[nH]2)CC1. The van der Waals surface area contributed by atoms with E-state index < -0.39 is 6.10 Å². The van der Waals surface area contributed by atoms with Crippen LogP contribution in [0, 0.1) is 11.3 Å². The maximum Gasteiger partial charge on any atom is 0.270 e. The van der Waals surface area contributed by atoms with E-state index in [1.54, 1.807) is 0 Å². The van der Waals surface area contributed by atoms with Crippen LogP contribution >= 0.6 is 0 Å². The van der Waals surface area contributed by atoms with Crippen molar-refractivity contribution in [2.24, 2.45) is 0 Å². The minimum Gasteiger partial charge on any atom is -0.391 e. The first kappa shape index (κ1) is 15.5. The van der Waals surface area contributed by atoms with Crippen molar-refractivity contribution in [1.82, 2.24) is 14.8 Å². The Morgan fingerprint density at radius 2 is 2.04 bits per heavy atom. The highest BCUT2D eigenvalue weighted by atomic mass is 16.3. The summed E-state index contributed by atoms with van der Waals surface area (Å²) in [4.78, 5) is 19.7. The zero-order chi connectivity index (χ0) is 16.2. The van der Waals surface area contributed by atoms with Gasteiger partial charge in [0.05, 0.1) is 18.6 Å². The van der Waals surface area contributed by atoms with Crippen LogP contribution in [0.3, 0.4) is 0 Å². The lowest BCUT2D eigenvalue weighted by atomic mass is 10.2. The molecule has 1 fully saturated rings. The molecule has 1 saturated heterocycles. The van der Waals surface area contributed by atoms with Gasteiger partial charge in [-0.15, -0.1) is 0 Å². The second-order valence-corrected chi connectivity index (χ2v) is 5.88. The molecule has 0 saturated carbocycles. The van der Waals surface area contributed by atoms with Gasteiger partial charge in [-0.1, -0.05) is 18.2 Å². The lowest BCUT2D eigenvalue weighted by molar-refractivity contribution is 0.0532. The summed E-state index contributed by atoms with van der Waals surface area (Å²) in [7, 11) is 0. The smallest absolute Gasteiger partial charge is 0.270 e. The van der Waals surface area contributed by atoms with Gasteiger partial charge in [0.25, 0.3) is 5.91 Å². The van der Waals surface area contributed by atoms with E-state index in [1.165, 1.54) is 0 Å². The average molecular weight is 312 g/mol. The molecule has 0 unspecified atom stereocenters. The van der Waals surface area contributed by atoms with Crippen molar-refractivity contribution < 1.29 is 9.90 Å². The third kappa shape index (κ3) is 3.52. The molecule has 23 heavy (non-hydrogen) atoms. The molecule has 0 aliphatic carbocycles. The number of piperazine rings is 1. The third-order valence-electron chi connectivity index (χ3n) is 4.22. The molecule has 1 aromatic carbocycles. The number of para-hydroxylation sites is 1. The normalized spacial score (nSPS) is 17.1. The molecule has 6 heteroatoms. The number of aromatic nitrogens is 1. The maximum atomic E-state index is 12.6. The van der Waals surface area contributed by atoms with Gasteiger partial charge in [-0.25, -0.2) is 0 Å². The molecule has 0 radical (unpaired) electrons. The number of rotatable bonds is 4. The summed E-state index contributed by atoms with van der Waals surface area (Å²) in [6.07, 6.45) is -0.468. The number of hydrogen-bond donors (Lipinski definition) is 2. The standard InChI is InChI=1S/C17H20N4O2/c18-6-5-14(22)12-20-7-9-21(10-8-20)17(23)16-11-13-3-1-2-4-15(13)19-16/h1-4,11,14,19,22H,5,7-10,12H2/t14-/m1/s1. The number of carbonyl (C=O) groups is 1. The molecule has 2 aromatic rings. The Morgan fingerprint density at radius 3 is 2.74 bits per heavy atom. The van der Waals surface area contributed by atoms with Crippen molar-refractivity contribution in [3.8, 4) is 6.07 Å². The highest BCUT2D eigenvalue weighted by molar-refractivity contribution is 5.98. The fourth-order valence-electron chi connectivity index (χ4n) is 2.96. The molecule has 1 amide bonds. The Bertz CT molecular complexity index is 693. The van der Waals surface area contributed by atoms with Gasteiger partial charge in [0.2, 0.25) is 0 Å². The average Bonchev–Trinajstić information content (AvgIpc) is 2.99. The van der Waals surface area contributed by atoms with E-state index in [0.29, 0.717) is 38.4 Å². The zero-order valence-electron chi connectivity index (χ0n) is 12.9. The van der Waals surface area contributed by atoms with Gasteiger partial charge in [-0.2, -0.15) is 5.26 Å². The van der Waals surface area contributed by atoms with Gasteiger partial charge in [0, 0.05) is 43.6 Å². The molecule has 0 spiro atoms. The van der Waals surface area contributed by atoms with Crippen molar-refractivity contribution >= 4 is 16.8 Å². The monoisotopic (exact) mass is 312 g/mol. The molecule has 1 aliphatic heterocycles. The minimum absolute atomic E-state index is 0.0124. The Labute approximate surface area is 134 Å². The van der Waals surface area contributed by atoms with Crippen molar-refractivity contribution in [2.75, 3.05) is 32.7 Å². The fraction of sp³-hybridized carbons (Fsp3) is 0.412. The number of aromatic amines is 1. The maximum absolute atomic E-state index is 12.6. The summed E-state index contributed by atoms with van der Waals surface area (Å²) < 4.78 is 0. The molecule has 0 bridgehead atoms. The van der Waals surface area contributed by atoms with Crippen molar-refractivity contribution in [1.29, 1.82) is 5.26 Å². The number of benzene rings is 1. The number of carbonyl (C=O) groups excluding carboxylic acids is 1. The number of aliphatic hydroxyl groups is 1. The number of amides is 1. The van der Waals surface area contributed by atoms with Crippen LogP contribution in [-0.2, 0) is 0 Å². The molecule has 6 nitrogen and oxygen atoms in total. The highest BCUT2D eigenvalue weighted by Crippen LogP contribution is 2.17. The van der Waals surface area contributed by atoms with Crippen LogP contribution in [0.5, 0.6) is 0 Å². The summed E-state index contributed by atoms with van der Waals surface area (Å²) in [6.45, 7) is 3.19. The Balaban J connectivity index is 1.59. The topological polar surface area (TPSA) is 83.4 Å².